The van der Waals surface area contributed by atoms with Gasteiger partial charge in [0.1, 0.15) is 5.54 Å². The van der Waals surface area contributed by atoms with Gasteiger partial charge in [-0.25, -0.2) is 9.59 Å². The number of likely N-dealkylation sites (tertiary alicyclic amines) is 1. The van der Waals surface area contributed by atoms with Gasteiger partial charge in [0.2, 0.25) is 0 Å². The van der Waals surface area contributed by atoms with Crippen molar-refractivity contribution in [2.24, 2.45) is 11.8 Å². The summed E-state index contributed by atoms with van der Waals surface area (Å²) in [7, 11) is 0. The van der Waals surface area contributed by atoms with Crippen molar-refractivity contribution in [3.05, 3.63) is 0 Å². The molecule has 2 saturated heterocycles. The van der Waals surface area contributed by atoms with Gasteiger partial charge in [0, 0.05) is 39.1 Å². The first kappa shape index (κ1) is 13.7. The minimum atomic E-state index is -1.15. The van der Waals surface area contributed by atoms with Gasteiger partial charge in [0.25, 0.3) is 0 Å². The van der Waals surface area contributed by atoms with E-state index in [0.29, 0.717) is 37.9 Å². The van der Waals surface area contributed by atoms with E-state index < -0.39 is 11.5 Å². The third-order valence-electron chi connectivity index (χ3n) is 5.12. The summed E-state index contributed by atoms with van der Waals surface area (Å²) in [6.07, 6.45) is 4.35. The monoisotopic (exact) mass is 282 g/mol. The molecule has 2 atom stereocenters. The van der Waals surface area contributed by atoms with Crippen LogP contribution in [0.5, 0.6) is 0 Å². The maximum Gasteiger partial charge on any atom is 0.329 e. The largest absolute Gasteiger partial charge is 0.480 e. The Morgan fingerprint density at radius 1 is 1.15 bits per heavy atom. The second kappa shape index (κ2) is 5.24. The van der Waals surface area contributed by atoms with Crippen LogP contribution >= 0.6 is 0 Å². The number of amides is 2. The fraction of sp³-hybridized carbons (Fsp3) is 0.857. The molecular weight excluding hydrogens is 260 g/mol. The summed E-state index contributed by atoms with van der Waals surface area (Å²) in [4.78, 5) is 25.7. The number of ether oxygens (including phenoxy) is 1. The third-order valence-corrected chi connectivity index (χ3v) is 5.12. The number of urea groups is 1. The number of nitrogens with one attached hydrogen (secondary N) is 1. The first-order valence-corrected chi connectivity index (χ1v) is 7.49. The molecule has 0 radical (unpaired) electrons. The Morgan fingerprint density at radius 3 is 2.30 bits per heavy atom. The molecule has 2 N–H and O–H groups in total. The SMILES string of the molecule is O=C(NC1(C(=O)O)CCOCC1)N1CC2CCCC2C1. The van der Waals surface area contributed by atoms with Gasteiger partial charge < -0.3 is 20.1 Å². The highest BCUT2D eigenvalue weighted by Gasteiger charge is 2.44. The van der Waals surface area contributed by atoms with Crippen LogP contribution in [0.4, 0.5) is 4.79 Å². The van der Waals surface area contributed by atoms with Crippen molar-refractivity contribution in [2.45, 2.75) is 37.6 Å². The second-order valence-electron chi connectivity index (χ2n) is 6.29. The summed E-state index contributed by atoms with van der Waals surface area (Å²) in [6, 6.07) is -0.219. The lowest BCUT2D eigenvalue weighted by Gasteiger charge is -2.35. The van der Waals surface area contributed by atoms with Gasteiger partial charge in [-0.1, -0.05) is 6.42 Å². The van der Waals surface area contributed by atoms with E-state index in [9.17, 15) is 14.7 Å². The molecule has 6 heteroatoms. The minimum Gasteiger partial charge on any atom is -0.480 e. The third kappa shape index (κ3) is 2.37. The van der Waals surface area contributed by atoms with Crippen molar-refractivity contribution < 1.29 is 19.4 Å². The number of carboxylic acid groups (broad SMARTS) is 1. The van der Waals surface area contributed by atoms with Crippen molar-refractivity contribution >= 4 is 12.0 Å². The standard InChI is InChI=1S/C14H22N2O4/c17-12(18)14(4-6-20-7-5-14)15-13(19)16-8-10-2-1-3-11(10)9-16/h10-11H,1-9H2,(H,15,19)(H,17,18). The zero-order valence-electron chi connectivity index (χ0n) is 11.6. The van der Waals surface area contributed by atoms with Crippen molar-refractivity contribution in [1.82, 2.24) is 10.2 Å². The van der Waals surface area contributed by atoms with E-state index in [1.165, 1.54) is 19.3 Å². The van der Waals surface area contributed by atoms with E-state index in [1.807, 2.05) is 0 Å². The summed E-state index contributed by atoms with van der Waals surface area (Å²) in [5.41, 5.74) is -1.15. The molecule has 2 heterocycles. The number of fused-ring (bicyclic) bond motifs is 1. The number of carboxylic acids is 1. The summed E-state index contributed by atoms with van der Waals surface area (Å²) >= 11 is 0. The fourth-order valence-electron chi connectivity index (χ4n) is 3.80. The van der Waals surface area contributed by atoms with Crippen LogP contribution in [-0.2, 0) is 9.53 Å². The lowest BCUT2D eigenvalue weighted by Crippen LogP contribution is -2.60. The van der Waals surface area contributed by atoms with E-state index in [4.69, 9.17) is 4.74 Å². The zero-order valence-corrected chi connectivity index (χ0v) is 11.6. The van der Waals surface area contributed by atoms with Crippen molar-refractivity contribution in [1.29, 1.82) is 0 Å². The molecule has 1 aliphatic carbocycles. The Kier molecular flexibility index (Phi) is 3.58. The lowest BCUT2D eigenvalue weighted by molar-refractivity contribution is -0.148. The Balaban J connectivity index is 1.64. The van der Waals surface area contributed by atoms with Gasteiger partial charge in [-0.05, 0) is 24.7 Å². The number of carbonyl (C=O) groups is 2. The zero-order chi connectivity index (χ0) is 14.2. The highest BCUT2D eigenvalue weighted by Crippen LogP contribution is 2.37. The topological polar surface area (TPSA) is 78.9 Å². The van der Waals surface area contributed by atoms with Gasteiger partial charge in [-0.15, -0.1) is 0 Å². The molecule has 0 aromatic heterocycles. The molecule has 0 bridgehead atoms. The number of rotatable bonds is 2. The average molecular weight is 282 g/mol. The second-order valence-corrected chi connectivity index (χ2v) is 6.29. The Labute approximate surface area is 118 Å². The molecule has 3 rings (SSSR count). The van der Waals surface area contributed by atoms with E-state index >= 15 is 0 Å². The number of carbonyl (C=O) groups excluding carboxylic acids is 1. The van der Waals surface area contributed by atoms with E-state index in [-0.39, 0.29) is 6.03 Å². The molecule has 6 nitrogen and oxygen atoms in total. The molecule has 0 spiro atoms. The quantitative estimate of drug-likeness (QED) is 0.794. The number of hydrogen-bond donors (Lipinski definition) is 2. The maximum absolute atomic E-state index is 12.4. The van der Waals surface area contributed by atoms with Gasteiger partial charge >= 0.3 is 12.0 Å². The van der Waals surface area contributed by atoms with Crippen molar-refractivity contribution in [3.63, 3.8) is 0 Å². The molecule has 2 aliphatic heterocycles. The van der Waals surface area contributed by atoms with Crippen LogP contribution in [0.15, 0.2) is 0 Å². The van der Waals surface area contributed by atoms with Crippen LogP contribution in [0.1, 0.15) is 32.1 Å². The first-order chi connectivity index (χ1) is 9.61. The van der Waals surface area contributed by atoms with E-state index in [2.05, 4.69) is 5.32 Å². The van der Waals surface area contributed by atoms with Gasteiger partial charge in [-0.2, -0.15) is 0 Å². The fourth-order valence-corrected chi connectivity index (χ4v) is 3.80. The van der Waals surface area contributed by atoms with Crippen LogP contribution in [0, 0.1) is 11.8 Å². The molecule has 2 unspecified atom stereocenters. The van der Waals surface area contributed by atoms with E-state index in [1.54, 1.807) is 4.90 Å². The van der Waals surface area contributed by atoms with Crippen LogP contribution in [0.3, 0.4) is 0 Å². The lowest BCUT2D eigenvalue weighted by atomic mass is 9.90. The highest BCUT2D eigenvalue weighted by molar-refractivity contribution is 5.86. The highest BCUT2D eigenvalue weighted by atomic mass is 16.5. The minimum absolute atomic E-state index is 0.219. The van der Waals surface area contributed by atoms with E-state index in [0.717, 1.165) is 13.1 Å². The van der Waals surface area contributed by atoms with Crippen LogP contribution in [-0.4, -0.2) is 53.8 Å². The van der Waals surface area contributed by atoms with Crippen molar-refractivity contribution in [2.75, 3.05) is 26.3 Å². The van der Waals surface area contributed by atoms with Crippen LogP contribution in [0.25, 0.3) is 0 Å². The Bertz CT molecular complexity index is 394. The number of hydrogen-bond acceptors (Lipinski definition) is 3. The predicted octanol–water partition coefficient (Wildman–Crippen LogP) is 1.06. The van der Waals surface area contributed by atoms with Crippen LogP contribution < -0.4 is 5.32 Å². The van der Waals surface area contributed by atoms with Gasteiger partial charge in [-0.3, -0.25) is 0 Å². The number of aliphatic carboxylic acids is 1. The predicted molar refractivity (Wildman–Crippen MR) is 71.4 cm³/mol. The molecule has 0 aromatic rings. The molecule has 1 saturated carbocycles. The molecule has 2 amide bonds. The van der Waals surface area contributed by atoms with Crippen LogP contribution in [0.2, 0.25) is 0 Å². The number of nitrogens with zero attached hydrogens (tertiary/aromatic N) is 1. The smallest absolute Gasteiger partial charge is 0.329 e. The average Bonchev–Trinajstić information content (AvgIpc) is 3.00. The molecule has 3 fully saturated rings. The van der Waals surface area contributed by atoms with Crippen molar-refractivity contribution in [3.8, 4) is 0 Å². The Morgan fingerprint density at radius 2 is 1.75 bits per heavy atom. The Hall–Kier alpha value is -1.30. The molecule has 0 aromatic carbocycles. The molecule has 20 heavy (non-hydrogen) atoms. The molecule has 3 aliphatic rings. The summed E-state index contributed by atoms with van der Waals surface area (Å²) < 4.78 is 5.21. The van der Waals surface area contributed by atoms with Gasteiger partial charge in [0.15, 0.2) is 0 Å². The summed E-state index contributed by atoms with van der Waals surface area (Å²) in [5.74, 6) is 0.293. The molecule has 112 valence electrons. The summed E-state index contributed by atoms with van der Waals surface area (Å²) in [5, 5.41) is 12.2. The first-order valence-electron chi connectivity index (χ1n) is 7.49. The normalized spacial score (nSPS) is 31.9. The maximum atomic E-state index is 12.4. The molecular formula is C14H22N2O4. The van der Waals surface area contributed by atoms with Gasteiger partial charge in [0.05, 0.1) is 0 Å². The summed E-state index contributed by atoms with van der Waals surface area (Å²) in [6.45, 7) is 2.33.